The van der Waals surface area contributed by atoms with Gasteiger partial charge in [0.05, 0.1) is 0 Å². The third-order valence-corrected chi connectivity index (χ3v) is 17.4. The van der Waals surface area contributed by atoms with Gasteiger partial charge in [-0.2, -0.15) is 0 Å². The van der Waals surface area contributed by atoms with Crippen molar-refractivity contribution in [2.45, 2.75) is 193 Å². The van der Waals surface area contributed by atoms with E-state index in [1.54, 1.807) is 0 Å². The molecule has 0 aromatic carbocycles. The fourth-order valence-corrected chi connectivity index (χ4v) is 13.8. The first-order valence-electron chi connectivity index (χ1n) is 21.7. The molecular formula is C45H80N4O4. The van der Waals surface area contributed by atoms with Crippen LogP contribution in [-0.4, -0.2) is 79.5 Å². The van der Waals surface area contributed by atoms with Crippen LogP contribution in [0.25, 0.3) is 0 Å². The Morgan fingerprint density at radius 2 is 0.962 bits per heavy atom. The van der Waals surface area contributed by atoms with Gasteiger partial charge in [-0.1, -0.05) is 53.7 Å². The SMILES string of the molecule is C=CCN1C(C)(CC)CC(C(C2CCC(NC(=O)O)CC2)(C2CCC(NC(=O)O)CC2)C2CC(C)(CC)N(CC=C)C(C)(CC)C2C)C(C)C1(C)CC. The van der Waals surface area contributed by atoms with Gasteiger partial charge in [0.15, 0.2) is 0 Å². The lowest BCUT2D eigenvalue weighted by atomic mass is 9.39. The van der Waals surface area contributed by atoms with Crippen molar-refractivity contribution in [2.75, 3.05) is 13.1 Å². The van der Waals surface area contributed by atoms with Crippen molar-refractivity contribution < 1.29 is 19.8 Å². The Labute approximate surface area is 324 Å². The number of carboxylic acid groups (broad SMARTS) is 2. The lowest BCUT2D eigenvalue weighted by Gasteiger charge is -2.72. The van der Waals surface area contributed by atoms with Crippen LogP contribution in [0.4, 0.5) is 9.59 Å². The molecule has 304 valence electrons. The second kappa shape index (κ2) is 17.0. The average Bonchev–Trinajstić information content (AvgIpc) is 3.13. The number of carbonyl (C=O) groups is 2. The van der Waals surface area contributed by atoms with Crippen LogP contribution in [0, 0.1) is 40.9 Å². The second-order valence-corrected chi connectivity index (χ2v) is 19.1. The molecule has 4 aliphatic rings. The molecule has 0 radical (unpaired) electrons. The van der Waals surface area contributed by atoms with E-state index in [0.29, 0.717) is 35.5 Å². The zero-order chi connectivity index (χ0) is 39.6. The number of hydrogen-bond donors (Lipinski definition) is 4. The zero-order valence-electron chi connectivity index (χ0n) is 35.6. The van der Waals surface area contributed by atoms with Gasteiger partial charge in [-0.3, -0.25) is 9.80 Å². The van der Waals surface area contributed by atoms with Crippen LogP contribution in [-0.2, 0) is 0 Å². The van der Waals surface area contributed by atoms with E-state index in [-0.39, 0.29) is 39.7 Å². The molecule has 8 atom stereocenters. The van der Waals surface area contributed by atoms with Crippen molar-refractivity contribution in [3.8, 4) is 0 Å². The third kappa shape index (κ3) is 7.72. The quantitative estimate of drug-likeness (QED) is 0.132. The number of likely N-dealkylation sites (tertiary alicyclic amines) is 2. The van der Waals surface area contributed by atoms with Gasteiger partial charge in [0.2, 0.25) is 0 Å². The Balaban J connectivity index is 2.05. The molecule has 8 unspecified atom stereocenters. The first kappa shape index (κ1) is 43.7. The maximum Gasteiger partial charge on any atom is 0.404 e. The van der Waals surface area contributed by atoms with Gasteiger partial charge in [-0.25, -0.2) is 9.59 Å². The molecule has 0 spiro atoms. The summed E-state index contributed by atoms with van der Waals surface area (Å²) in [6.07, 6.45) is 16.7. The first-order chi connectivity index (χ1) is 24.9. The second-order valence-electron chi connectivity index (χ2n) is 19.1. The molecule has 0 aromatic heterocycles. The molecule has 2 heterocycles. The summed E-state index contributed by atoms with van der Waals surface area (Å²) in [5, 5.41) is 25.3. The van der Waals surface area contributed by atoms with Crippen molar-refractivity contribution in [2.24, 2.45) is 40.9 Å². The Kier molecular flexibility index (Phi) is 14.0. The minimum absolute atomic E-state index is 0.000403. The Bertz CT molecular complexity index is 1180. The standard InChI is InChI=1S/C45H80N4O4/c1-13-27-48-41(9,15-3)29-37(31(7)43(48,11)17-5)45(33-19-23-35(24-20-33)46-39(50)51,34-21-25-36(26-22-34)47-40(52)53)38-30-42(10,16-4)49(28-14-2)44(12,18-6)32(38)8/h13-14,31-38,46-47H,1-2,15-30H2,3-12H3,(H,50,51)(H,52,53). The van der Waals surface area contributed by atoms with Crippen LogP contribution in [0.15, 0.2) is 25.3 Å². The number of nitrogens with one attached hydrogen (secondary N) is 2. The molecule has 2 aliphatic heterocycles. The summed E-state index contributed by atoms with van der Waals surface area (Å²) in [6, 6.07) is -0.00128. The van der Waals surface area contributed by atoms with Crippen molar-refractivity contribution in [3.63, 3.8) is 0 Å². The van der Waals surface area contributed by atoms with Crippen LogP contribution in [0.5, 0.6) is 0 Å². The van der Waals surface area contributed by atoms with E-state index >= 15 is 0 Å². The van der Waals surface area contributed by atoms with Crippen LogP contribution < -0.4 is 10.6 Å². The molecule has 53 heavy (non-hydrogen) atoms. The minimum Gasteiger partial charge on any atom is -0.465 e. The van der Waals surface area contributed by atoms with Gasteiger partial charge in [0.25, 0.3) is 0 Å². The lowest BCUT2D eigenvalue weighted by molar-refractivity contribution is -0.227. The Morgan fingerprint density at radius 3 is 1.21 bits per heavy atom. The summed E-state index contributed by atoms with van der Waals surface area (Å²) in [4.78, 5) is 29.4. The fraction of sp³-hybridized carbons (Fsp3) is 0.867. The summed E-state index contributed by atoms with van der Waals surface area (Å²) in [6.45, 7) is 35.2. The molecule has 4 N–H and O–H groups in total. The maximum absolute atomic E-state index is 11.9. The smallest absolute Gasteiger partial charge is 0.404 e. The normalized spacial score (nSPS) is 42.6. The first-order valence-corrected chi connectivity index (χ1v) is 21.7. The van der Waals surface area contributed by atoms with E-state index < -0.39 is 12.2 Å². The van der Waals surface area contributed by atoms with Crippen LogP contribution in [0.3, 0.4) is 0 Å². The third-order valence-electron chi connectivity index (χ3n) is 17.4. The van der Waals surface area contributed by atoms with Gasteiger partial charge in [0.1, 0.15) is 0 Å². The summed E-state index contributed by atoms with van der Waals surface area (Å²) < 4.78 is 0. The highest BCUT2D eigenvalue weighted by atomic mass is 16.4. The lowest BCUT2D eigenvalue weighted by Crippen LogP contribution is -2.73. The molecule has 2 amide bonds. The molecule has 2 aliphatic carbocycles. The molecule has 0 aromatic rings. The van der Waals surface area contributed by atoms with E-state index in [9.17, 15) is 19.8 Å². The predicted molar refractivity (Wildman–Crippen MR) is 219 cm³/mol. The van der Waals surface area contributed by atoms with Crippen LogP contribution in [0.1, 0.15) is 159 Å². The highest BCUT2D eigenvalue weighted by Gasteiger charge is 2.67. The molecule has 4 fully saturated rings. The Morgan fingerprint density at radius 1 is 0.642 bits per heavy atom. The summed E-state index contributed by atoms with van der Waals surface area (Å²) in [5.74, 6) is 2.70. The van der Waals surface area contributed by atoms with Gasteiger partial charge in [0, 0.05) is 47.3 Å². The predicted octanol–water partition coefficient (Wildman–Crippen LogP) is 10.6. The average molecular weight is 741 g/mol. The van der Waals surface area contributed by atoms with Gasteiger partial charge < -0.3 is 20.8 Å². The van der Waals surface area contributed by atoms with Crippen molar-refractivity contribution in [1.29, 1.82) is 0 Å². The van der Waals surface area contributed by atoms with E-state index in [1.165, 1.54) is 0 Å². The van der Waals surface area contributed by atoms with Crippen molar-refractivity contribution in [3.05, 3.63) is 25.3 Å². The largest absolute Gasteiger partial charge is 0.465 e. The van der Waals surface area contributed by atoms with Crippen molar-refractivity contribution >= 4 is 12.2 Å². The number of piperidine rings is 2. The number of hydrogen-bond acceptors (Lipinski definition) is 4. The molecule has 2 saturated heterocycles. The molecule has 4 rings (SSSR count). The number of rotatable bonds is 14. The fourth-order valence-electron chi connectivity index (χ4n) is 13.8. The maximum atomic E-state index is 11.9. The molecule has 8 nitrogen and oxygen atoms in total. The zero-order valence-corrected chi connectivity index (χ0v) is 35.6. The summed E-state index contributed by atoms with van der Waals surface area (Å²) >= 11 is 0. The Hall–Kier alpha value is -2.06. The highest BCUT2D eigenvalue weighted by Crippen LogP contribution is 2.69. The van der Waals surface area contributed by atoms with Crippen LogP contribution >= 0.6 is 0 Å². The molecule has 8 heteroatoms. The monoisotopic (exact) mass is 741 g/mol. The number of amides is 2. The summed E-state index contributed by atoms with van der Waals surface area (Å²) in [7, 11) is 0. The van der Waals surface area contributed by atoms with Gasteiger partial charge in [-0.05, 0) is 159 Å². The van der Waals surface area contributed by atoms with Crippen LogP contribution in [0.2, 0.25) is 0 Å². The minimum atomic E-state index is -0.912. The number of nitrogens with zero attached hydrogens (tertiary/aromatic N) is 2. The summed E-state index contributed by atoms with van der Waals surface area (Å²) in [5.41, 5.74) is -0.0411. The van der Waals surface area contributed by atoms with Gasteiger partial charge in [-0.15, -0.1) is 13.2 Å². The molecule has 0 bridgehead atoms. The van der Waals surface area contributed by atoms with Crippen molar-refractivity contribution in [1.82, 2.24) is 20.4 Å². The van der Waals surface area contributed by atoms with E-state index in [4.69, 9.17) is 0 Å². The van der Waals surface area contributed by atoms with E-state index in [2.05, 4.69) is 115 Å². The topological polar surface area (TPSA) is 105 Å². The van der Waals surface area contributed by atoms with E-state index in [0.717, 1.165) is 103 Å². The molecule has 2 saturated carbocycles. The molecular weight excluding hydrogens is 661 g/mol. The van der Waals surface area contributed by atoms with Gasteiger partial charge >= 0.3 is 12.2 Å². The highest BCUT2D eigenvalue weighted by molar-refractivity contribution is 5.65. The van der Waals surface area contributed by atoms with E-state index in [1.807, 2.05) is 0 Å².